The van der Waals surface area contributed by atoms with Crippen LogP contribution in [0.1, 0.15) is 17.0 Å². The number of rotatable bonds is 4. The summed E-state index contributed by atoms with van der Waals surface area (Å²) in [5, 5.41) is 23.5. The van der Waals surface area contributed by atoms with Gasteiger partial charge in [-0.15, -0.1) is 0 Å². The van der Waals surface area contributed by atoms with Crippen molar-refractivity contribution >= 4 is 35.1 Å². The summed E-state index contributed by atoms with van der Waals surface area (Å²) >= 11 is 5.94. The number of halogens is 1. The third-order valence-corrected chi connectivity index (χ3v) is 3.15. The quantitative estimate of drug-likeness (QED) is 0.711. The highest BCUT2D eigenvalue weighted by Gasteiger charge is 2.12. The zero-order valence-corrected chi connectivity index (χ0v) is 12.8. The first-order valence-corrected chi connectivity index (χ1v) is 7.02. The van der Waals surface area contributed by atoms with Crippen molar-refractivity contribution in [1.29, 1.82) is 5.26 Å². The monoisotopic (exact) mass is 326 g/mol. The van der Waals surface area contributed by atoms with Gasteiger partial charge in [0.15, 0.2) is 11.6 Å². The van der Waals surface area contributed by atoms with Gasteiger partial charge in [0.25, 0.3) is 0 Å². The molecule has 0 bridgehead atoms. The average Bonchev–Trinajstić information content (AvgIpc) is 3.11. The maximum Gasteiger partial charge on any atom is 0.172 e. The largest absolute Gasteiger partial charge is 0.361 e. The Hall–Kier alpha value is -3.11. The Balaban J connectivity index is 1.85. The normalized spacial score (nSPS) is 10.8. The minimum absolute atomic E-state index is 0.293. The Bertz CT molecular complexity index is 905. The van der Waals surface area contributed by atoms with Gasteiger partial charge in [-0.25, -0.2) is 4.99 Å². The van der Waals surface area contributed by atoms with E-state index in [1.807, 2.05) is 6.07 Å². The van der Waals surface area contributed by atoms with Crippen molar-refractivity contribution in [3.63, 3.8) is 0 Å². The molecule has 2 heterocycles. The summed E-state index contributed by atoms with van der Waals surface area (Å²) in [7, 11) is 0. The Morgan fingerprint density at radius 1 is 1.43 bits per heavy atom. The predicted octanol–water partition coefficient (Wildman–Crippen LogP) is 3.73. The molecular weight excluding hydrogens is 316 g/mol. The van der Waals surface area contributed by atoms with Gasteiger partial charge in [0.1, 0.15) is 23.1 Å². The molecule has 114 valence electrons. The fraction of sp³-hybridized carbons (Fsp3) is 0.0667. The Labute approximate surface area is 136 Å². The molecule has 7 nitrogen and oxygen atoms in total. The number of nitrogens with zero attached hydrogens (tertiary/aromatic N) is 4. The molecule has 0 fully saturated rings. The first-order chi connectivity index (χ1) is 11.2. The number of hydrogen-bond donors (Lipinski definition) is 2. The van der Waals surface area contributed by atoms with Gasteiger partial charge in [0.2, 0.25) is 0 Å². The van der Waals surface area contributed by atoms with Crippen molar-refractivity contribution < 1.29 is 4.52 Å². The highest BCUT2D eigenvalue weighted by molar-refractivity contribution is 6.30. The summed E-state index contributed by atoms with van der Waals surface area (Å²) in [6.45, 7) is 1.79. The van der Waals surface area contributed by atoms with Crippen molar-refractivity contribution in [1.82, 2.24) is 15.4 Å². The molecule has 0 unspecified atom stereocenters. The van der Waals surface area contributed by atoms with E-state index in [1.165, 1.54) is 6.21 Å². The smallest absolute Gasteiger partial charge is 0.172 e. The van der Waals surface area contributed by atoms with Crippen LogP contribution in [0.15, 0.2) is 39.8 Å². The highest BCUT2D eigenvalue weighted by atomic mass is 35.5. The molecular formula is C15H11ClN6O. The number of aryl methyl sites for hydroxylation is 1. The van der Waals surface area contributed by atoms with Crippen molar-refractivity contribution in [3.05, 3.63) is 52.4 Å². The van der Waals surface area contributed by atoms with Crippen LogP contribution in [-0.4, -0.2) is 21.6 Å². The van der Waals surface area contributed by atoms with Crippen LogP contribution in [0, 0.1) is 18.3 Å². The molecule has 2 N–H and O–H groups in total. The molecule has 1 aromatic carbocycles. The van der Waals surface area contributed by atoms with E-state index in [-0.39, 0.29) is 0 Å². The lowest BCUT2D eigenvalue weighted by molar-refractivity contribution is 0.396. The number of nitriles is 1. The van der Waals surface area contributed by atoms with Crippen LogP contribution < -0.4 is 5.32 Å². The predicted molar refractivity (Wildman–Crippen MR) is 86.5 cm³/mol. The second-order valence-corrected chi connectivity index (χ2v) is 5.10. The summed E-state index contributed by atoms with van der Waals surface area (Å²) in [5.74, 6) is 1.39. The molecule has 0 saturated carbocycles. The maximum absolute atomic E-state index is 9.34. The van der Waals surface area contributed by atoms with Gasteiger partial charge in [0, 0.05) is 16.8 Å². The summed E-state index contributed by atoms with van der Waals surface area (Å²) in [6.07, 6.45) is 1.49. The molecule has 23 heavy (non-hydrogen) atoms. The number of H-pyrrole nitrogens is 1. The zero-order valence-electron chi connectivity index (χ0n) is 12.0. The zero-order chi connectivity index (χ0) is 16.2. The average molecular weight is 327 g/mol. The number of aliphatic imine (C=N–C) groups is 1. The van der Waals surface area contributed by atoms with Crippen LogP contribution in [0.4, 0.5) is 17.3 Å². The van der Waals surface area contributed by atoms with Gasteiger partial charge < -0.3 is 9.84 Å². The van der Waals surface area contributed by atoms with Gasteiger partial charge >= 0.3 is 0 Å². The lowest BCUT2D eigenvalue weighted by Gasteiger charge is -2.03. The molecule has 0 radical (unpaired) electrons. The molecule has 0 aliphatic carbocycles. The van der Waals surface area contributed by atoms with E-state index in [9.17, 15) is 5.26 Å². The Morgan fingerprint density at radius 2 is 2.30 bits per heavy atom. The SMILES string of the molecule is Cc1cc(/C=N/c2[nH]nc(Nc3cccc(Cl)c3)c2C#N)no1. The number of aromatic nitrogens is 3. The van der Waals surface area contributed by atoms with E-state index < -0.39 is 0 Å². The van der Waals surface area contributed by atoms with E-state index in [1.54, 1.807) is 31.2 Å². The molecule has 8 heteroatoms. The van der Waals surface area contributed by atoms with Crippen molar-refractivity contribution in [2.45, 2.75) is 6.92 Å². The first-order valence-electron chi connectivity index (χ1n) is 6.64. The summed E-state index contributed by atoms with van der Waals surface area (Å²) in [4.78, 5) is 4.19. The molecule has 0 amide bonds. The molecule has 0 aliphatic rings. The third-order valence-electron chi connectivity index (χ3n) is 2.92. The number of benzene rings is 1. The second kappa shape index (κ2) is 6.34. The highest BCUT2D eigenvalue weighted by Crippen LogP contribution is 2.26. The van der Waals surface area contributed by atoms with E-state index in [0.29, 0.717) is 33.7 Å². The van der Waals surface area contributed by atoms with Gasteiger partial charge in [-0.05, 0) is 25.1 Å². The molecule has 0 atom stereocenters. The van der Waals surface area contributed by atoms with Gasteiger partial charge in [-0.1, -0.05) is 22.8 Å². The topological polar surface area (TPSA) is 103 Å². The maximum atomic E-state index is 9.34. The summed E-state index contributed by atoms with van der Waals surface area (Å²) in [6, 6.07) is 10.9. The van der Waals surface area contributed by atoms with E-state index in [2.05, 4.69) is 31.7 Å². The minimum atomic E-state index is 0.293. The number of aromatic amines is 1. The second-order valence-electron chi connectivity index (χ2n) is 4.66. The van der Waals surface area contributed by atoms with Crippen molar-refractivity contribution in [3.8, 4) is 6.07 Å². The van der Waals surface area contributed by atoms with Crippen LogP contribution in [-0.2, 0) is 0 Å². The van der Waals surface area contributed by atoms with E-state index in [0.717, 1.165) is 5.69 Å². The lowest BCUT2D eigenvalue weighted by Crippen LogP contribution is -1.92. The molecule has 0 saturated heterocycles. The van der Waals surface area contributed by atoms with Crippen LogP contribution >= 0.6 is 11.6 Å². The fourth-order valence-electron chi connectivity index (χ4n) is 1.90. The van der Waals surface area contributed by atoms with Crippen molar-refractivity contribution in [2.75, 3.05) is 5.32 Å². The Morgan fingerprint density at radius 3 is 3.00 bits per heavy atom. The fourth-order valence-corrected chi connectivity index (χ4v) is 2.09. The number of nitrogens with one attached hydrogen (secondary N) is 2. The van der Waals surface area contributed by atoms with E-state index in [4.69, 9.17) is 16.1 Å². The molecule has 3 rings (SSSR count). The van der Waals surface area contributed by atoms with Crippen LogP contribution in [0.5, 0.6) is 0 Å². The number of anilines is 2. The minimum Gasteiger partial charge on any atom is -0.361 e. The lowest BCUT2D eigenvalue weighted by atomic mass is 10.3. The standard InChI is InChI=1S/C15H11ClN6O/c1-9-5-12(22-23-9)8-18-14-13(7-17)15(21-20-14)19-11-4-2-3-10(16)6-11/h2-6,8H,1H3,(H2,19,20,21)/b18-8+. The van der Waals surface area contributed by atoms with Gasteiger partial charge in [-0.3, -0.25) is 5.10 Å². The molecule has 3 aromatic rings. The third kappa shape index (κ3) is 3.39. The van der Waals surface area contributed by atoms with Crippen LogP contribution in [0.3, 0.4) is 0 Å². The Kier molecular flexibility index (Phi) is 4.08. The van der Waals surface area contributed by atoms with Crippen LogP contribution in [0.25, 0.3) is 0 Å². The van der Waals surface area contributed by atoms with Crippen LogP contribution in [0.2, 0.25) is 5.02 Å². The molecule has 0 spiro atoms. The number of hydrogen-bond acceptors (Lipinski definition) is 6. The summed E-state index contributed by atoms with van der Waals surface area (Å²) in [5.41, 5.74) is 1.58. The first kappa shape index (κ1) is 14.8. The summed E-state index contributed by atoms with van der Waals surface area (Å²) < 4.78 is 4.95. The van der Waals surface area contributed by atoms with Gasteiger partial charge in [-0.2, -0.15) is 10.4 Å². The van der Waals surface area contributed by atoms with Crippen molar-refractivity contribution in [2.24, 2.45) is 4.99 Å². The van der Waals surface area contributed by atoms with E-state index >= 15 is 0 Å². The molecule has 2 aromatic heterocycles. The molecule has 0 aliphatic heterocycles. The van der Waals surface area contributed by atoms with Gasteiger partial charge in [0.05, 0.1) is 6.21 Å².